The summed E-state index contributed by atoms with van der Waals surface area (Å²) in [4.78, 5) is 19.5. The molecule has 20 heavy (non-hydrogen) atoms. The number of aliphatic imine (C=N–C) groups is 1. The second-order valence-electron chi connectivity index (χ2n) is 3.83. The minimum atomic E-state index is -0.655. The average molecular weight is 281 g/mol. The molecule has 0 bridgehead atoms. The summed E-state index contributed by atoms with van der Waals surface area (Å²) in [7, 11) is 1.53. The van der Waals surface area contributed by atoms with Crippen LogP contribution in [0.2, 0.25) is 0 Å². The highest BCUT2D eigenvalue weighted by Crippen LogP contribution is 2.13. The van der Waals surface area contributed by atoms with Crippen LogP contribution in [0.5, 0.6) is 5.75 Å². The summed E-state index contributed by atoms with van der Waals surface area (Å²) in [5, 5.41) is 8.85. The van der Waals surface area contributed by atoms with Gasteiger partial charge in [-0.25, -0.2) is 9.78 Å². The summed E-state index contributed by atoms with van der Waals surface area (Å²) >= 11 is 0. The predicted molar refractivity (Wildman–Crippen MR) is 73.0 cm³/mol. The maximum atomic E-state index is 11.6. The van der Waals surface area contributed by atoms with E-state index in [1.165, 1.54) is 13.2 Å². The van der Waals surface area contributed by atoms with Crippen molar-refractivity contribution in [2.24, 2.45) is 4.99 Å². The van der Waals surface area contributed by atoms with Crippen molar-refractivity contribution in [2.75, 3.05) is 13.7 Å². The number of hydrogen-bond acceptors (Lipinski definition) is 6. The molecule has 0 aliphatic heterocycles. The fourth-order valence-corrected chi connectivity index (χ4v) is 1.51. The van der Waals surface area contributed by atoms with E-state index < -0.39 is 12.1 Å². The fraction of sp³-hybridized carbons (Fsp3) is 0.462. The van der Waals surface area contributed by atoms with Gasteiger partial charge in [-0.15, -0.1) is 0 Å². The molecule has 0 fully saturated rings. The van der Waals surface area contributed by atoms with Crippen LogP contribution < -0.4 is 10.2 Å². The lowest BCUT2D eigenvalue weighted by molar-refractivity contribution is -0.151. The van der Waals surface area contributed by atoms with Crippen LogP contribution in [0.15, 0.2) is 23.3 Å². The van der Waals surface area contributed by atoms with Gasteiger partial charge < -0.3 is 9.47 Å². The second kappa shape index (κ2) is 8.11. The number of amidine groups is 1. The van der Waals surface area contributed by atoms with Crippen molar-refractivity contribution < 1.29 is 19.5 Å². The van der Waals surface area contributed by atoms with Gasteiger partial charge in [-0.3, -0.25) is 15.7 Å². The monoisotopic (exact) mass is 281 g/mol. The molecule has 0 aliphatic carbocycles. The number of nitrogens with zero attached hydrogens (tertiary/aromatic N) is 2. The van der Waals surface area contributed by atoms with E-state index in [2.05, 4.69) is 9.98 Å². The highest BCUT2D eigenvalue weighted by atomic mass is 16.6. The summed E-state index contributed by atoms with van der Waals surface area (Å²) in [5.74, 6) is 0.294. The Morgan fingerprint density at radius 3 is 2.70 bits per heavy atom. The second-order valence-corrected chi connectivity index (χ2v) is 3.83. The van der Waals surface area contributed by atoms with Crippen molar-refractivity contribution in [3.05, 3.63) is 24.0 Å². The number of pyridine rings is 1. The van der Waals surface area contributed by atoms with Crippen LogP contribution in [-0.4, -0.2) is 41.8 Å². The van der Waals surface area contributed by atoms with E-state index in [0.717, 1.165) is 0 Å². The molecule has 7 nitrogen and oxygen atoms in total. The quantitative estimate of drug-likeness (QED) is 0.352. The van der Waals surface area contributed by atoms with Crippen molar-refractivity contribution in [1.29, 1.82) is 0 Å². The smallest absolute Gasteiger partial charge is 0.347 e. The molecule has 0 radical (unpaired) electrons. The Bertz CT molecular complexity index is 459. The van der Waals surface area contributed by atoms with E-state index in [1.807, 2.05) is 12.4 Å². The third-order valence-electron chi connectivity index (χ3n) is 2.51. The van der Waals surface area contributed by atoms with Crippen LogP contribution in [0.3, 0.4) is 0 Å². The van der Waals surface area contributed by atoms with Crippen LogP contribution in [-0.2, 0) is 9.53 Å². The SMILES string of the molecule is CCOC(=O)C(CC)Oc1ccc(C(=NC)NO)nc1. The Morgan fingerprint density at radius 1 is 1.50 bits per heavy atom. The lowest BCUT2D eigenvalue weighted by Crippen LogP contribution is -2.28. The number of hydrogen-bond donors (Lipinski definition) is 2. The molecule has 1 atom stereocenters. The van der Waals surface area contributed by atoms with Crippen molar-refractivity contribution in [1.82, 2.24) is 10.5 Å². The van der Waals surface area contributed by atoms with Crippen LogP contribution in [0, 0.1) is 0 Å². The maximum absolute atomic E-state index is 11.6. The minimum absolute atomic E-state index is 0.244. The number of carbonyl (C=O) groups excluding carboxylic acids is 1. The molecule has 0 saturated heterocycles. The van der Waals surface area contributed by atoms with Gasteiger partial charge in [-0.2, -0.15) is 0 Å². The van der Waals surface area contributed by atoms with E-state index in [4.69, 9.17) is 14.7 Å². The number of rotatable bonds is 6. The molecular weight excluding hydrogens is 262 g/mol. The van der Waals surface area contributed by atoms with Gasteiger partial charge in [0.05, 0.1) is 12.8 Å². The first-order valence-corrected chi connectivity index (χ1v) is 6.32. The Labute approximate surface area is 117 Å². The molecule has 0 aliphatic rings. The van der Waals surface area contributed by atoms with E-state index in [0.29, 0.717) is 24.5 Å². The maximum Gasteiger partial charge on any atom is 0.347 e. The van der Waals surface area contributed by atoms with Crippen molar-refractivity contribution in [3.63, 3.8) is 0 Å². The van der Waals surface area contributed by atoms with E-state index in [9.17, 15) is 4.79 Å². The molecule has 0 spiro atoms. The van der Waals surface area contributed by atoms with E-state index in [-0.39, 0.29) is 5.84 Å². The van der Waals surface area contributed by atoms with Gasteiger partial charge in [0.15, 0.2) is 11.9 Å². The third kappa shape index (κ3) is 4.20. The highest BCUT2D eigenvalue weighted by molar-refractivity contribution is 5.96. The summed E-state index contributed by atoms with van der Waals surface area (Å²) < 4.78 is 10.4. The van der Waals surface area contributed by atoms with Crippen molar-refractivity contribution in [3.8, 4) is 5.75 Å². The first-order chi connectivity index (χ1) is 9.65. The molecule has 0 amide bonds. The third-order valence-corrected chi connectivity index (χ3v) is 2.51. The summed E-state index contributed by atoms with van der Waals surface area (Å²) in [6, 6.07) is 3.27. The topological polar surface area (TPSA) is 93.0 Å². The van der Waals surface area contributed by atoms with Gasteiger partial charge in [0.2, 0.25) is 0 Å². The van der Waals surface area contributed by atoms with Crippen molar-refractivity contribution in [2.45, 2.75) is 26.4 Å². The number of hydroxylamine groups is 1. The molecule has 1 unspecified atom stereocenters. The van der Waals surface area contributed by atoms with Gasteiger partial charge >= 0.3 is 5.97 Å². The summed E-state index contributed by atoms with van der Waals surface area (Å²) in [6.45, 7) is 3.89. The summed E-state index contributed by atoms with van der Waals surface area (Å²) in [6.07, 6.45) is 1.30. The van der Waals surface area contributed by atoms with Crippen LogP contribution in [0.1, 0.15) is 26.0 Å². The molecule has 110 valence electrons. The largest absolute Gasteiger partial charge is 0.477 e. The van der Waals surface area contributed by atoms with Crippen LogP contribution >= 0.6 is 0 Å². The number of carbonyl (C=O) groups is 1. The first kappa shape index (κ1) is 15.9. The van der Waals surface area contributed by atoms with Gasteiger partial charge in [0, 0.05) is 7.05 Å². The minimum Gasteiger partial charge on any atom is -0.477 e. The highest BCUT2D eigenvalue weighted by Gasteiger charge is 2.19. The first-order valence-electron chi connectivity index (χ1n) is 6.32. The normalized spacial score (nSPS) is 12.7. The Balaban J connectivity index is 2.76. The van der Waals surface area contributed by atoms with E-state index in [1.54, 1.807) is 19.1 Å². The lowest BCUT2D eigenvalue weighted by Gasteiger charge is -2.15. The molecule has 1 rings (SSSR count). The fourth-order valence-electron chi connectivity index (χ4n) is 1.51. The van der Waals surface area contributed by atoms with Gasteiger partial charge in [-0.05, 0) is 25.5 Å². The van der Waals surface area contributed by atoms with Crippen LogP contribution in [0.4, 0.5) is 0 Å². The average Bonchev–Trinajstić information content (AvgIpc) is 2.47. The Morgan fingerprint density at radius 2 is 2.25 bits per heavy atom. The molecule has 7 heteroatoms. The Hall–Kier alpha value is -2.15. The zero-order chi connectivity index (χ0) is 15.0. The standard InChI is InChI=1S/C13H19N3O4/c1-4-11(13(17)19-5-2)20-9-6-7-10(15-8-9)12(14-3)16-18/h6-8,11,18H,4-5H2,1-3H3,(H,14,16). The molecule has 2 N–H and O–H groups in total. The molecule has 1 aromatic rings. The van der Waals surface area contributed by atoms with Gasteiger partial charge in [0.1, 0.15) is 11.4 Å². The zero-order valence-electron chi connectivity index (χ0n) is 11.8. The zero-order valence-corrected chi connectivity index (χ0v) is 11.8. The predicted octanol–water partition coefficient (Wildman–Crippen LogP) is 1.16. The molecule has 0 saturated carbocycles. The van der Waals surface area contributed by atoms with Gasteiger partial charge in [0.25, 0.3) is 0 Å². The molecule has 0 aromatic carbocycles. The van der Waals surface area contributed by atoms with Gasteiger partial charge in [-0.1, -0.05) is 6.92 Å². The number of ether oxygens (including phenoxy) is 2. The molecule has 1 aromatic heterocycles. The summed E-state index contributed by atoms with van der Waals surface area (Å²) in [5.41, 5.74) is 2.41. The van der Waals surface area contributed by atoms with Crippen molar-refractivity contribution >= 4 is 11.8 Å². The molecular formula is C13H19N3O4. The number of aromatic nitrogens is 1. The number of esters is 1. The molecule has 1 heterocycles. The Kier molecular flexibility index (Phi) is 6.45. The number of nitrogens with one attached hydrogen (secondary N) is 1. The lowest BCUT2D eigenvalue weighted by atomic mass is 10.2. The van der Waals surface area contributed by atoms with Crippen LogP contribution in [0.25, 0.3) is 0 Å². The van der Waals surface area contributed by atoms with E-state index >= 15 is 0 Å².